The van der Waals surface area contributed by atoms with E-state index in [1.807, 2.05) is 38.2 Å². The van der Waals surface area contributed by atoms with Crippen molar-refractivity contribution >= 4 is 34.9 Å². The molecule has 0 unspecified atom stereocenters. The molecule has 7 heteroatoms. The summed E-state index contributed by atoms with van der Waals surface area (Å²) in [6, 6.07) is 7.12. The van der Waals surface area contributed by atoms with Crippen molar-refractivity contribution in [3.63, 3.8) is 0 Å². The van der Waals surface area contributed by atoms with Gasteiger partial charge in [-0.25, -0.2) is 4.79 Å². The number of esters is 1. The Morgan fingerprint density at radius 1 is 1.30 bits per heavy atom. The molecule has 1 aromatic rings. The average Bonchev–Trinajstić information content (AvgIpc) is 2.58. The number of allylic oxidation sites excluding steroid dienone is 1. The van der Waals surface area contributed by atoms with Crippen LogP contribution in [0.15, 0.2) is 35.5 Å². The molecular weight excluding hydrogens is 362 g/mol. The predicted molar refractivity (Wildman–Crippen MR) is 108 cm³/mol. The molecule has 6 nitrogen and oxygen atoms in total. The Balaban J connectivity index is 1.83. The topological polar surface area (TPSA) is 70.7 Å². The highest BCUT2D eigenvalue weighted by molar-refractivity contribution is 7.80. The van der Waals surface area contributed by atoms with E-state index < -0.39 is 0 Å². The minimum Gasteiger partial charge on any atom is -0.463 e. The van der Waals surface area contributed by atoms with Crippen LogP contribution in [0.2, 0.25) is 0 Å². The molecule has 1 atom stereocenters. The van der Waals surface area contributed by atoms with E-state index in [-0.39, 0.29) is 23.8 Å². The molecule has 0 radical (unpaired) electrons. The van der Waals surface area contributed by atoms with Gasteiger partial charge in [0.25, 0.3) is 0 Å². The van der Waals surface area contributed by atoms with E-state index >= 15 is 0 Å². The number of carbonyl (C=O) groups excluding carboxylic acids is 2. The third-order valence-electron chi connectivity index (χ3n) is 5.24. The van der Waals surface area contributed by atoms with Crippen LogP contribution in [0.1, 0.15) is 44.7 Å². The van der Waals surface area contributed by atoms with Crippen molar-refractivity contribution in [1.29, 1.82) is 0 Å². The summed E-state index contributed by atoms with van der Waals surface area (Å²) < 4.78 is 5.24. The van der Waals surface area contributed by atoms with Gasteiger partial charge in [-0.15, -0.1) is 0 Å². The number of anilines is 1. The number of ether oxygens (including phenoxy) is 1. The van der Waals surface area contributed by atoms with E-state index in [0.717, 1.165) is 36.2 Å². The minimum atomic E-state index is -0.385. The summed E-state index contributed by atoms with van der Waals surface area (Å²) in [7, 11) is 1.82. The normalized spacial score (nSPS) is 20.0. The van der Waals surface area contributed by atoms with Crippen molar-refractivity contribution in [3.05, 3.63) is 41.1 Å². The molecule has 2 N–H and O–H groups in total. The number of carbonyl (C=O) groups is 2. The van der Waals surface area contributed by atoms with Crippen LogP contribution in [-0.2, 0) is 14.3 Å². The highest BCUT2D eigenvalue weighted by Crippen LogP contribution is 2.32. The third kappa shape index (κ3) is 3.98. The Kier molecular flexibility index (Phi) is 5.79. The molecular formula is C20H25N3O3S. The maximum Gasteiger partial charge on any atom is 0.338 e. The van der Waals surface area contributed by atoms with Gasteiger partial charge in [-0.05, 0) is 56.6 Å². The fourth-order valence-corrected chi connectivity index (χ4v) is 3.49. The second-order valence-electron chi connectivity index (χ2n) is 6.90. The number of thiocarbonyl (C=S) groups is 1. The van der Waals surface area contributed by atoms with Gasteiger partial charge in [-0.2, -0.15) is 0 Å². The molecule has 2 aliphatic rings. The van der Waals surface area contributed by atoms with Crippen LogP contribution >= 0.6 is 12.2 Å². The van der Waals surface area contributed by atoms with E-state index in [9.17, 15) is 9.59 Å². The number of hydrogen-bond acceptors (Lipinski definition) is 4. The van der Waals surface area contributed by atoms with Gasteiger partial charge in [0.15, 0.2) is 5.11 Å². The monoisotopic (exact) mass is 387 g/mol. The molecule has 0 saturated heterocycles. The Hall–Kier alpha value is -2.41. The lowest BCUT2D eigenvalue weighted by Crippen LogP contribution is -2.46. The van der Waals surface area contributed by atoms with Gasteiger partial charge in [-0.1, -0.05) is 18.6 Å². The van der Waals surface area contributed by atoms with Crippen molar-refractivity contribution in [2.75, 3.05) is 19.0 Å². The van der Waals surface area contributed by atoms with Crippen LogP contribution in [-0.4, -0.2) is 35.5 Å². The van der Waals surface area contributed by atoms with E-state index in [0.29, 0.717) is 17.3 Å². The summed E-state index contributed by atoms with van der Waals surface area (Å²) in [6.45, 7) is 3.95. The maximum atomic E-state index is 12.5. The lowest BCUT2D eigenvalue weighted by Gasteiger charge is -2.35. The van der Waals surface area contributed by atoms with E-state index in [1.165, 1.54) is 0 Å². The molecule has 0 aromatic heterocycles. The zero-order chi connectivity index (χ0) is 19.6. The van der Waals surface area contributed by atoms with Crippen molar-refractivity contribution in [3.8, 4) is 0 Å². The van der Waals surface area contributed by atoms with Crippen molar-refractivity contribution in [2.45, 2.75) is 39.2 Å². The fourth-order valence-electron chi connectivity index (χ4n) is 3.23. The molecule has 1 fully saturated rings. The molecule has 1 heterocycles. The molecule has 1 aromatic carbocycles. The first-order chi connectivity index (χ1) is 12.9. The Labute approximate surface area is 164 Å². The van der Waals surface area contributed by atoms with Gasteiger partial charge >= 0.3 is 5.97 Å². The third-order valence-corrected chi connectivity index (χ3v) is 5.63. The summed E-state index contributed by atoms with van der Waals surface area (Å²) >= 11 is 5.39. The second kappa shape index (κ2) is 8.08. The number of rotatable bonds is 5. The average molecular weight is 388 g/mol. The molecule has 1 amide bonds. The zero-order valence-electron chi connectivity index (χ0n) is 15.9. The lowest BCUT2D eigenvalue weighted by atomic mass is 9.85. The number of amides is 1. The first kappa shape index (κ1) is 19.4. The highest BCUT2D eigenvalue weighted by atomic mass is 32.1. The Bertz CT molecular complexity index is 784. The minimum absolute atomic E-state index is 0.0792. The van der Waals surface area contributed by atoms with Crippen LogP contribution in [0.4, 0.5) is 5.69 Å². The number of nitrogens with one attached hydrogen (secondary N) is 2. The first-order valence-corrected chi connectivity index (χ1v) is 9.66. The molecule has 0 spiro atoms. The molecule has 3 rings (SSSR count). The molecule has 1 aliphatic carbocycles. The number of nitrogens with zero attached hydrogens (tertiary/aromatic N) is 1. The van der Waals surface area contributed by atoms with Crippen molar-refractivity contribution in [1.82, 2.24) is 10.2 Å². The number of hydrogen-bond donors (Lipinski definition) is 2. The summed E-state index contributed by atoms with van der Waals surface area (Å²) in [5, 5.41) is 6.72. The summed E-state index contributed by atoms with van der Waals surface area (Å²) in [6.07, 6.45) is 3.06. The van der Waals surface area contributed by atoms with Crippen LogP contribution in [0.3, 0.4) is 0 Å². The van der Waals surface area contributed by atoms with Gasteiger partial charge in [0, 0.05) is 24.4 Å². The second-order valence-corrected chi connectivity index (χ2v) is 7.29. The quantitative estimate of drug-likeness (QED) is 0.598. The molecule has 27 heavy (non-hydrogen) atoms. The van der Waals surface area contributed by atoms with Crippen molar-refractivity contribution < 1.29 is 14.3 Å². The molecule has 0 bridgehead atoms. The van der Waals surface area contributed by atoms with E-state index in [4.69, 9.17) is 17.0 Å². The van der Waals surface area contributed by atoms with Gasteiger partial charge in [0.2, 0.25) is 5.91 Å². The van der Waals surface area contributed by atoms with Crippen LogP contribution in [0.25, 0.3) is 0 Å². The standard InChI is InChI=1S/C20H25N3O3S/c1-4-26-19(25)16-12(2)23(3)20(27)22-17(16)13-8-10-15(11-9-13)21-18(24)14-6-5-7-14/h8-11,14,17H,4-7H2,1-3H3,(H,21,24)(H,22,27)/t17-/m1/s1. The van der Waals surface area contributed by atoms with Gasteiger partial charge < -0.3 is 20.3 Å². The SMILES string of the molecule is CCOC(=O)C1=C(C)N(C)C(=S)N[C@@H]1c1ccc(NC(=O)C2CCC2)cc1. The van der Waals surface area contributed by atoms with Crippen LogP contribution < -0.4 is 10.6 Å². The number of benzene rings is 1. The maximum absolute atomic E-state index is 12.5. The van der Waals surface area contributed by atoms with Crippen LogP contribution in [0, 0.1) is 5.92 Å². The largest absolute Gasteiger partial charge is 0.463 e. The van der Waals surface area contributed by atoms with Gasteiger partial charge in [0.05, 0.1) is 18.2 Å². The predicted octanol–water partition coefficient (Wildman–Crippen LogP) is 3.12. The summed E-state index contributed by atoms with van der Waals surface area (Å²) in [4.78, 5) is 26.4. The summed E-state index contributed by atoms with van der Waals surface area (Å²) in [5.74, 6) is -0.140. The molecule has 1 aliphatic heterocycles. The smallest absolute Gasteiger partial charge is 0.338 e. The Morgan fingerprint density at radius 3 is 2.52 bits per heavy atom. The molecule has 1 saturated carbocycles. The van der Waals surface area contributed by atoms with E-state index in [1.54, 1.807) is 11.8 Å². The lowest BCUT2D eigenvalue weighted by molar-refractivity contribution is -0.139. The zero-order valence-corrected chi connectivity index (χ0v) is 16.7. The van der Waals surface area contributed by atoms with Crippen molar-refractivity contribution in [2.24, 2.45) is 5.92 Å². The first-order valence-electron chi connectivity index (χ1n) is 9.25. The summed E-state index contributed by atoms with van der Waals surface area (Å²) in [5.41, 5.74) is 2.95. The van der Waals surface area contributed by atoms with Crippen LogP contribution in [0.5, 0.6) is 0 Å². The fraction of sp³-hybridized carbons (Fsp3) is 0.450. The Morgan fingerprint density at radius 2 is 1.96 bits per heavy atom. The highest BCUT2D eigenvalue weighted by Gasteiger charge is 2.33. The van der Waals surface area contributed by atoms with E-state index in [2.05, 4.69) is 10.6 Å². The van der Waals surface area contributed by atoms with Gasteiger partial charge in [-0.3, -0.25) is 4.79 Å². The molecule has 144 valence electrons. The van der Waals surface area contributed by atoms with Gasteiger partial charge in [0.1, 0.15) is 0 Å².